The van der Waals surface area contributed by atoms with E-state index in [0.717, 1.165) is 41.3 Å². The van der Waals surface area contributed by atoms with Crippen molar-refractivity contribution >= 4 is 5.78 Å². The summed E-state index contributed by atoms with van der Waals surface area (Å²) in [6, 6.07) is 0. The van der Waals surface area contributed by atoms with E-state index in [-0.39, 0.29) is 10.8 Å². The summed E-state index contributed by atoms with van der Waals surface area (Å²) in [6.45, 7) is 4.70. The second kappa shape index (κ2) is 11.0. The van der Waals surface area contributed by atoms with E-state index in [0.29, 0.717) is 0 Å². The first-order valence-electron chi connectivity index (χ1n) is 16.1. The van der Waals surface area contributed by atoms with Crippen molar-refractivity contribution in [3.63, 3.8) is 0 Å². The van der Waals surface area contributed by atoms with Crippen LogP contribution in [-0.4, -0.2) is 5.78 Å². The summed E-state index contributed by atoms with van der Waals surface area (Å²) >= 11 is 0. The lowest BCUT2D eigenvalue weighted by molar-refractivity contribution is -0.170. The molecule has 5 aliphatic carbocycles. The van der Waals surface area contributed by atoms with Crippen molar-refractivity contribution in [1.82, 2.24) is 0 Å². The Balaban J connectivity index is 1.04. The topological polar surface area (TPSA) is 17.1 Å². The molecule has 0 N–H and O–H groups in total. The van der Waals surface area contributed by atoms with Gasteiger partial charge in [0.05, 0.1) is 0 Å². The molecule has 0 aromatic rings. The minimum absolute atomic E-state index is 0.139. The highest BCUT2D eigenvalue weighted by Crippen LogP contribution is 2.65. The van der Waals surface area contributed by atoms with Gasteiger partial charge in [-0.15, -0.1) is 0 Å². The molecule has 0 amide bonds. The molecule has 0 aliphatic heterocycles. The number of hydrogen-bond donors (Lipinski definition) is 0. The quantitative estimate of drug-likeness (QED) is 0.340. The summed E-state index contributed by atoms with van der Waals surface area (Å²) in [4.78, 5) is 13.7. The fourth-order valence-electron chi connectivity index (χ4n) is 10.1. The van der Waals surface area contributed by atoms with Crippen LogP contribution < -0.4 is 0 Å². The highest BCUT2D eigenvalue weighted by atomic mass is 16.1. The van der Waals surface area contributed by atoms with Crippen LogP contribution in [0.3, 0.4) is 0 Å². The van der Waals surface area contributed by atoms with Crippen LogP contribution in [0.25, 0.3) is 0 Å². The Labute approximate surface area is 212 Å². The Morgan fingerprint density at radius 1 is 0.588 bits per heavy atom. The van der Waals surface area contributed by atoms with E-state index >= 15 is 0 Å². The average Bonchev–Trinajstić information content (AvgIpc) is 2.90. The van der Waals surface area contributed by atoms with Gasteiger partial charge in [0.2, 0.25) is 0 Å². The van der Waals surface area contributed by atoms with Crippen molar-refractivity contribution in [3.8, 4) is 0 Å². The van der Waals surface area contributed by atoms with Crippen molar-refractivity contribution in [2.75, 3.05) is 0 Å². The van der Waals surface area contributed by atoms with Crippen LogP contribution in [0.1, 0.15) is 155 Å². The van der Waals surface area contributed by atoms with E-state index in [9.17, 15) is 4.79 Å². The van der Waals surface area contributed by atoms with Gasteiger partial charge in [-0.1, -0.05) is 71.6 Å². The SMILES string of the molecule is CCCCC[C@H]1CC[C@H](C2CCC3(CC2)CC2(CCC([C@H]4CC[C@H](CC)CC4)CC2)C3=O)CC1. The molecule has 2 spiro atoms. The van der Waals surface area contributed by atoms with E-state index in [2.05, 4.69) is 13.8 Å². The van der Waals surface area contributed by atoms with Crippen LogP contribution in [0.15, 0.2) is 0 Å². The molecule has 5 rings (SSSR count). The molecule has 5 saturated carbocycles. The Bertz CT molecular complexity index is 646. The predicted molar refractivity (Wildman–Crippen MR) is 144 cm³/mol. The van der Waals surface area contributed by atoms with Crippen LogP contribution in [0, 0.1) is 46.3 Å². The number of Topliss-reactive ketones (excluding diaryl/α,β-unsaturated/α-hetero) is 1. The molecule has 0 bridgehead atoms. The molecular weight excluding hydrogens is 412 g/mol. The fraction of sp³-hybridized carbons (Fsp3) is 0.970. The minimum atomic E-state index is 0.139. The summed E-state index contributed by atoms with van der Waals surface area (Å²) in [5.74, 6) is 6.66. The Kier molecular flexibility index (Phi) is 8.17. The first-order chi connectivity index (χ1) is 16.6. The monoisotopic (exact) mass is 468 g/mol. The maximum absolute atomic E-state index is 13.7. The maximum Gasteiger partial charge on any atom is 0.145 e. The van der Waals surface area contributed by atoms with Gasteiger partial charge in [-0.25, -0.2) is 0 Å². The van der Waals surface area contributed by atoms with Gasteiger partial charge in [0.1, 0.15) is 5.78 Å². The minimum Gasteiger partial charge on any atom is -0.298 e. The highest BCUT2D eigenvalue weighted by molar-refractivity contribution is 5.96. The molecule has 0 aromatic carbocycles. The molecular formula is C33H56O. The van der Waals surface area contributed by atoms with Crippen molar-refractivity contribution in [1.29, 1.82) is 0 Å². The van der Waals surface area contributed by atoms with Gasteiger partial charge >= 0.3 is 0 Å². The molecule has 0 unspecified atom stereocenters. The molecule has 5 aliphatic rings. The van der Waals surface area contributed by atoms with Gasteiger partial charge in [0.25, 0.3) is 0 Å². The standard InChI is InChI=1S/C33H56O/c1-3-5-6-7-26-10-14-28(15-11-26)30-18-22-33(23-19-30)24-32(31(33)34)20-16-29(17-21-32)27-12-8-25(4-2)9-13-27/h25-30H,3-24H2,1-2H3/t25-,26-,27-,28-,29?,30?,32?,33?. The molecule has 1 heteroatoms. The normalized spacial score (nSPS) is 45.4. The molecule has 34 heavy (non-hydrogen) atoms. The van der Waals surface area contributed by atoms with Gasteiger partial charge in [-0.05, 0) is 119 Å². The van der Waals surface area contributed by atoms with Crippen molar-refractivity contribution in [2.45, 2.75) is 155 Å². The van der Waals surface area contributed by atoms with Gasteiger partial charge in [0.15, 0.2) is 0 Å². The van der Waals surface area contributed by atoms with E-state index in [1.807, 2.05) is 0 Å². The molecule has 1 nitrogen and oxygen atoms in total. The molecule has 0 aromatic heterocycles. The number of ketones is 1. The zero-order chi connectivity index (χ0) is 23.6. The first-order valence-corrected chi connectivity index (χ1v) is 16.1. The fourth-order valence-corrected chi connectivity index (χ4v) is 10.1. The summed E-state index contributed by atoms with van der Waals surface area (Å²) in [5, 5.41) is 0. The lowest BCUT2D eigenvalue weighted by Gasteiger charge is -2.60. The summed E-state index contributed by atoms with van der Waals surface area (Å²) in [7, 11) is 0. The van der Waals surface area contributed by atoms with E-state index in [4.69, 9.17) is 0 Å². The predicted octanol–water partition coefficient (Wildman–Crippen LogP) is 9.92. The van der Waals surface area contributed by atoms with E-state index in [1.165, 1.54) is 141 Å². The molecule has 0 radical (unpaired) electrons. The van der Waals surface area contributed by atoms with Crippen molar-refractivity contribution < 1.29 is 4.79 Å². The molecule has 0 atom stereocenters. The van der Waals surface area contributed by atoms with Gasteiger partial charge < -0.3 is 0 Å². The second-order valence-corrected chi connectivity index (χ2v) is 14.2. The average molecular weight is 469 g/mol. The number of unbranched alkanes of at least 4 members (excludes halogenated alkanes) is 2. The largest absolute Gasteiger partial charge is 0.298 e. The number of carbonyl (C=O) groups excluding carboxylic acids is 1. The zero-order valence-electron chi connectivity index (χ0n) is 22.9. The van der Waals surface area contributed by atoms with Crippen LogP contribution in [0.4, 0.5) is 0 Å². The van der Waals surface area contributed by atoms with Crippen LogP contribution in [0.2, 0.25) is 0 Å². The Morgan fingerprint density at radius 3 is 1.44 bits per heavy atom. The van der Waals surface area contributed by atoms with E-state index in [1.54, 1.807) is 0 Å². The van der Waals surface area contributed by atoms with Crippen LogP contribution in [-0.2, 0) is 4.79 Å². The van der Waals surface area contributed by atoms with Gasteiger partial charge in [-0.2, -0.15) is 0 Å². The third kappa shape index (κ3) is 5.07. The van der Waals surface area contributed by atoms with Crippen molar-refractivity contribution in [2.24, 2.45) is 46.3 Å². The van der Waals surface area contributed by atoms with Gasteiger partial charge in [-0.3, -0.25) is 4.79 Å². The first kappa shape index (κ1) is 25.3. The Morgan fingerprint density at radius 2 is 1.03 bits per heavy atom. The van der Waals surface area contributed by atoms with Crippen molar-refractivity contribution in [3.05, 3.63) is 0 Å². The Hall–Kier alpha value is -0.330. The van der Waals surface area contributed by atoms with E-state index < -0.39 is 0 Å². The lowest BCUT2D eigenvalue weighted by Crippen LogP contribution is -2.60. The maximum atomic E-state index is 13.7. The van der Waals surface area contributed by atoms with Gasteiger partial charge in [0, 0.05) is 10.8 Å². The van der Waals surface area contributed by atoms with Crippen LogP contribution in [0.5, 0.6) is 0 Å². The second-order valence-electron chi connectivity index (χ2n) is 14.2. The number of rotatable bonds is 7. The molecule has 0 heterocycles. The molecule has 194 valence electrons. The smallest absolute Gasteiger partial charge is 0.145 e. The zero-order valence-corrected chi connectivity index (χ0v) is 22.9. The third-order valence-electron chi connectivity index (χ3n) is 12.5. The third-order valence-corrected chi connectivity index (χ3v) is 12.5. The summed E-state index contributed by atoms with van der Waals surface area (Å²) < 4.78 is 0. The highest BCUT2D eigenvalue weighted by Gasteiger charge is 2.63. The summed E-state index contributed by atoms with van der Waals surface area (Å²) in [6.07, 6.45) is 30.8. The lowest BCUT2D eigenvalue weighted by atomic mass is 9.42. The van der Waals surface area contributed by atoms with Crippen LogP contribution >= 0.6 is 0 Å². The number of carbonyl (C=O) groups is 1. The number of hydrogen-bond acceptors (Lipinski definition) is 1. The molecule has 5 fully saturated rings. The summed E-state index contributed by atoms with van der Waals surface area (Å²) in [5.41, 5.74) is 0.278. The molecule has 0 saturated heterocycles.